The minimum absolute atomic E-state index is 0.150. The number of aromatic carboxylic acids is 1. The van der Waals surface area contributed by atoms with Crippen LogP contribution < -0.4 is 14.2 Å². The molecule has 0 saturated carbocycles. The zero-order valence-electron chi connectivity index (χ0n) is 9.79. The Balaban J connectivity index is 2.30. The first-order valence-corrected chi connectivity index (χ1v) is 5.40. The van der Waals surface area contributed by atoms with E-state index in [1.165, 1.54) is 7.11 Å². The van der Waals surface area contributed by atoms with Gasteiger partial charge in [0.05, 0.1) is 26.4 Å². The third-order valence-electron chi connectivity index (χ3n) is 2.60. The number of ether oxygens (including phenoxy) is 3. The lowest BCUT2D eigenvalue weighted by Gasteiger charge is -2.14. The molecule has 0 aliphatic carbocycles. The normalized spacial score (nSPS) is 18.6. The Labute approximate surface area is 103 Å². The lowest BCUT2D eigenvalue weighted by Crippen LogP contribution is -2.34. The number of hydrogen-bond donors (Lipinski definition) is 1. The van der Waals surface area contributed by atoms with Gasteiger partial charge in [-0.3, -0.25) is 0 Å². The first-order chi connectivity index (χ1) is 8.61. The maximum atomic E-state index is 11.4. The van der Waals surface area contributed by atoms with Crippen molar-refractivity contribution in [2.45, 2.75) is 12.5 Å². The van der Waals surface area contributed by atoms with Crippen molar-refractivity contribution in [2.24, 2.45) is 0 Å². The fraction of sp³-hybridized carbons (Fsp3) is 0.455. The molecular formula is C11H13NO6. The summed E-state index contributed by atoms with van der Waals surface area (Å²) in [6.45, 7) is 1.05. The first kappa shape index (κ1) is 12.4. The highest BCUT2D eigenvalue weighted by Gasteiger charge is 2.24. The van der Waals surface area contributed by atoms with E-state index in [2.05, 4.69) is 0 Å². The molecule has 1 N–H and O–H groups in total. The molecule has 1 saturated heterocycles. The van der Waals surface area contributed by atoms with Crippen LogP contribution in [0.5, 0.6) is 11.5 Å². The largest absolute Gasteiger partial charge is 0.618 e. The van der Waals surface area contributed by atoms with Crippen LogP contribution in [0.25, 0.3) is 0 Å². The Morgan fingerprint density at radius 1 is 1.61 bits per heavy atom. The van der Waals surface area contributed by atoms with Gasteiger partial charge in [0, 0.05) is 6.42 Å². The highest BCUT2D eigenvalue weighted by Crippen LogP contribution is 2.28. The molecule has 0 amide bonds. The quantitative estimate of drug-likeness (QED) is 0.610. The second kappa shape index (κ2) is 5.09. The van der Waals surface area contributed by atoms with Crippen LogP contribution in [0, 0.1) is 5.21 Å². The van der Waals surface area contributed by atoms with Gasteiger partial charge in [-0.15, -0.1) is 0 Å². The molecule has 0 bridgehead atoms. The number of carbonyl (C=O) groups is 1. The molecular weight excluding hydrogens is 242 g/mol. The molecule has 2 rings (SSSR count). The van der Waals surface area contributed by atoms with Gasteiger partial charge in [-0.05, 0) is 0 Å². The van der Waals surface area contributed by atoms with Gasteiger partial charge in [0.15, 0.2) is 5.75 Å². The summed E-state index contributed by atoms with van der Waals surface area (Å²) in [5.41, 5.74) is -0.412. The number of nitrogens with zero attached hydrogens (tertiary/aromatic N) is 1. The van der Waals surface area contributed by atoms with Gasteiger partial charge in [0.2, 0.25) is 11.9 Å². The highest BCUT2D eigenvalue weighted by atomic mass is 16.6. The van der Waals surface area contributed by atoms with Crippen LogP contribution in [-0.4, -0.2) is 37.5 Å². The summed E-state index contributed by atoms with van der Waals surface area (Å²) in [5, 5.41) is 20.3. The molecule has 1 aromatic rings. The molecule has 1 aromatic heterocycles. The predicted molar refractivity (Wildman–Crippen MR) is 58.8 cm³/mol. The Bertz CT molecular complexity index is 455. The molecule has 1 fully saturated rings. The molecule has 2 heterocycles. The fourth-order valence-corrected chi connectivity index (χ4v) is 1.69. The van der Waals surface area contributed by atoms with E-state index in [0.29, 0.717) is 13.2 Å². The number of carboxylic acids is 1. The Morgan fingerprint density at radius 2 is 2.39 bits per heavy atom. The summed E-state index contributed by atoms with van der Waals surface area (Å²) in [7, 11) is 1.38. The highest BCUT2D eigenvalue weighted by molar-refractivity contribution is 5.84. The van der Waals surface area contributed by atoms with Gasteiger partial charge in [-0.1, -0.05) is 0 Å². The maximum Gasteiger partial charge on any atom is 0.402 e. The van der Waals surface area contributed by atoms with Gasteiger partial charge >= 0.3 is 11.7 Å². The van der Waals surface area contributed by atoms with Gasteiger partial charge in [-0.25, -0.2) is 4.79 Å². The van der Waals surface area contributed by atoms with E-state index in [0.717, 1.165) is 18.7 Å². The molecule has 98 valence electrons. The van der Waals surface area contributed by atoms with E-state index in [-0.39, 0.29) is 22.3 Å². The molecule has 18 heavy (non-hydrogen) atoms. The molecule has 0 aromatic carbocycles. The standard InChI is InChI=1S/C11H13NO6/c1-16-10-5-12(15)8(11(13)14)4-9(10)18-7-2-3-17-6-7/h4-5,7H,2-3,6H2,1H3,(H,13,14). The second-order valence-corrected chi connectivity index (χ2v) is 3.83. The van der Waals surface area contributed by atoms with Crippen molar-refractivity contribution in [3.8, 4) is 11.5 Å². The summed E-state index contributed by atoms with van der Waals surface area (Å²) in [4.78, 5) is 10.9. The number of carboxylic acid groups (broad SMARTS) is 1. The van der Waals surface area contributed by atoms with Gasteiger partial charge in [0.1, 0.15) is 6.10 Å². The van der Waals surface area contributed by atoms with Crippen LogP contribution >= 0.6 is 0 Å². The zero-order chi connectivity index (χ0) is 13.1. The molecule has 0 spiro atoms. The molecule has 7 nitrogen and oxygen atoms in total. The molecule has 7 heteroatoms. The maximum absolute atomic E-state index is 11.4. The summed E-state index contributed by atoms with van der Waals surface area (Å²) in [6.07, 6.45) is 1.61. The third kappa shape index (κ3) is 2.45. The van der Waals surface area contributed by atoms with Crippen molar-refractivity contribution in [2.75, 3.05) is 20.3 Å². The summed E-state index contributed by atoms with van der Waals surface area (Å²) < 4.78 is 16.0. The predicted octanol–water partition coefficient (Wildman–Crippen LogP) is 0.194. The van der Waals surface area contributed by atoms with Crippen LogP contribution in [-0.2, 0) is 4.74 Å². The summed E-state index contributed by atoms with van der Waals surface area (Å²) in [5.74, 6) is -0.889. The van der Waals surface area contributed by atoms with Crippen LogP contribution in [0.4, 0.5) is 0 Å². The van der Waals surface area contributed by atoms with Crippen LogP contribution in [0.2, 0.25) is 0 Å². The second-order valence-electron chi connectivity index (χ2n) is 3.83. The van der Waals surface area contributed by atoms with Crippen molar-refractivity contribution in [1.82, 2.24) is 0 Å². The fourth-order valence-electron chi connectivity index (χ4n) is 1.69. The molecule has 1 aliphatic heterocycles. The van der Waals surface area contributed by atoms with E-state index in [1.807, 2.05) is 0 Å². The molecule has 0 radical (unpaired) electrons. The zero-order valence-corrected chi connectivity index (χ0v) is 9.79. The van der Waals surface area contributed by atoms with E-state index in [4.69, 9.17) is 19.3 Å². The number of pyridine rings is 1. The van der Waals surface area contributed by atoms with Crippen LogP contribution in [0.1, 0.15) is 16.9 Å². The lowest BCUT2D eigenvalue weighted by molar-refractivity contribution is -0.608. The Kier molecular flexibility index (Phi) is 3.52. The average Bonchev–Trinajstić information content (AvgIpc) is 2.83. The smallest absolute Gasteiger partial charge is 0.402 e. The average molecular weight is 255 g/mol. The van der Waals surface area contributed by atoms with E-state index in [9.17, 15) is 10.0 Å². The molecule has 1 aliphatic rings. The van der Waals surface area contributed by atoms with E-state index >= 15 is 0 Å². The van der Waals surface area contributed by atoms with Crippen molar-refractivity contribution in [1.29, 1.82) is 0 Å². The Morgan fingerprint density at radius 3 is 2.94 bits per heavy atom. The lowest BCUT2D eigenvalue weighted by atomic mass is 10.3. The number of aromatic nitrogens is 1. The number of hydrogen-bond acceptors (Lipinski definition) is 5. The van der Waals surface area contributed by atoms with Gasteiger partial charge < -0.3 is 24.5 Å². The van der Waals surface area contributed by atoms with Crippen molar-refractivity contribution in [3.63, 3.8) is 0 Å². The third-order valence-corrected chi connectivity index (χ3v) is 2.60. The molecule has 1 atom stereocenters. The van der Waals surface area contributed by atoms with Crippen LogP contribution in [0.15, 0.2) is 12.3 Å². The van der Waals surface area contributed by atoms with Crippen molar-refractivity contribution >= 4 is 5.97 Å². The monoisotopic (exact) mass is 255 g/mol. The van der Waals surface area contributed by atoms with Crippen molar-refractivity contribution < 1.29 is 28.8 Å². The Hall–Kier alpha value is -2.02. The topological polar surface area (TPSA) is 91.9 Å². The minimum atomic E-state index is -1.32. The summed E-state index contributed by atoms with van der Waals surface area (Å²) in [6, 6.07) is 1.16. The van der Waals surface area contributed by atoms with Crippen LogP contribution in [0.3, 0.4) is 0 Å². The van der Waals surface area contributed by atoms with Gasteiger partial charge in [0.25, 0.3) is 0 Å². The number of methoxy groups -OCH3 is 1. The number of rotatable bonds is 4. The van der Waals surface area contributed by atoms with Gasteiger partial charge in [-0.2, -0.15) is 4.73 Å². The van der Waals surface area contributed by atoms with E-state index < -0.39 is 11.7 Å². The minimum Gasteiger partial charge on any atom is -0.618 e. The van der Waals surface area contributed by atoms with E-state index in [1.54, 1.807) is 0 Å². The van der Waals surface area contributed by atoms with Crippen molar-refractivity contribution in [3.05, 3.63) is 23.2 Å². The molecule has 1 unspecified atom stereocenters. The SMILES string of the molecule is COc1c[n+]([O-])c(C(=O)O)cc1OC1CCOC1. The summed E-state index contributed by atoms with van der Waals surface area (Å²) >= 11 is 0. The first-order valence-electron chi connectivity index (χ1n) is 5.40.